The van der Waals surface area contributed by atoms with Crippen LogP contribution >= 0.6 is 0 Å². The average Bonchev–Trinajstić information content (AvgIpc) is 3.12. The van der Waals surface area contributed by atoms with E-state index < -0.39 is 12.1 Å². The third-order valence-electron chi connectivity index (χ3n) is 7.93. The zero-order valence-electron chi connectivity index (χ0n) is 32.6. The van der Waals surface area contributed by atoms with Crippen molar-refractivity contribution >= 4 is 17.9 Å². The van der Waals surface area contributed by atoms with E-state index in [2.05, 4.69) is 87.6 Å². The van der Waals surface area contributed by atoms with E-state index in [9.17, 15) is 14.4 Å². The van der Waals surface area contributed by atoms with Crippen LogP contribution in [0.25, 0.3) is 0 Å². The molecule has 0 aromatic heterocycles. The quantitative estimate of drug-likeness (QED) is 0.0218. The fraction of sp³-hybridized carbons (Fsp3) is 0.622. The Hall–Kier alpha value is -3.41. The molecule has 0 spiro atoms. The second-order valence-electron chi connectivity index (χ2n) is 12.8. The maximum absolute atomic E-state index is 12.6. The molecule has 0 rings (SSSR count). The zero-order valence-corrected chi connectivity index (χ0v) is 32.6. The standard InChI is InChI=1S/C45H72O6/c1-4-7-10-13-16-19-21-22-24-26-29-32-35-38-44(47)50-41-42(40-49-43(46)37-34-31-28-25-18-15-12-9-6-3)51-45(48)39-36-33-30-27-23-20-17-14-11-8-5-2/h9,12,14,17-18,20,22-25,29,31-32,34,42H,4-8,10-11,13,15-16,19,21,26-28,30,33,35-41H2,1-3H3/b12-9-,17-14-,23-20-,24-22-,25-18-,32-29-,34-31-. The topological polar surface area (TPSA) is 78.9 Å². The fourth-order valence-electron chi connectivity index (χ4n) is 4.88. The molecule has 0 bridgehead atoms. The van der Waals surface area contributed by atoms with E-state index in [1.54, 1.807) is 6.08 Å². The third kappa shape index (κ3) is 37.7. The summed E-state index contributed by atoms with van der Waals surface area (Å²) in [4.78, 5) is 37.4. The normalized spacial score (nSPS) is 12.9. The summed E-state index contributed by atoms with van der Waals surface area (Å²) in [5.74, 6) is -1.18. The molecule has 0 N–H and O–H groups in total. The molecule has 0 heterocycles. The summed E-state index contributed by atoms with van der Waals surface area (Å²) >= 11 is 0. The predicted octanol–water partition coefficient (Wildman–Crippen LogP) is 12.5. The first-order chi connectivity index (χ1) is 25.0. The molecule has 288 valence electrons. The Labute approximate surface area is 312 Å². The van der Waals surface area contributed by atoms with Gasteiger partial charge in [-0.3, -0.25) is 14.4 Å². The lowest BCUT2D eigenvalue weighted by molar-refractivity contribution is -0.166. The first-order valence-electron chi connectivity index (χ1n) is 20.1. The van der Waals surface area contributed by atoms with Crippen molar-refractivity contribution in [3.05, 3.63) is 85.1 Å². The van der Waals surface area contributed by atoms with Crippen LogP contribution in [-0.2, 0) is 28.6 Å². The molecule has 0 aliphatic heterocycles. The van der Waals surface area contributed by atoms with Gasteiger partial charge in [0.1, 0.15) is 13.2 Å². The summed E-state index contributed by atoms with van der Waals surface area (Å²) in [5, 5.41) is 0. The summed E-state index contributed by atoms with van der Waals surface area (Å²) in [7, 11) is 0. The van der Waals surface area contributed by atoms with Crippen molar-refractivity contribution in [2.45, 2.75) is 168 Å². The molecular formula is C45H72O6. The number of carbonyl (C=O) groups is 3. The van der Waals surface area contributed by atoms with Crippen molar-refractivity contribution in [1.29, 1.82) is 0 Å². The molecule has 6 nitrogen and oxygen atoms in total. The third-order valence-corrected chi connectivity index (χ3v) is 7.93. The van der Waals surface area contributed by atoms with Gasteiger partial charge in [-0.1, -0.05) is 157 Å². The van der Waals surface area contributed by atoms with Gasteiger partial charge in [0.15, 0.2) is 6.10 Å². The summed E-state index contributed by atoms with van der Waals surface area (Å²) in [5.41, 5.74) is 0. The number of hydrogen-bond donors (Lipinski definition) is 0. The monoisotopic (exact) mass is 709 g/mol. The Morgan fingerprint density at radius 2 is 0.961 bits per heavy atom. The van der Waals surface area contributed by atoms with E-state index in [0.717, 1.165) is 57.8 Å². The lowest BCUT2D eigenvalue weighted by Gasteiger charge is -2.18. The second-order valence-corrected chi connectivity index (χ2v) is 12.8. The van der Waals surface area contributed by atoms with Crippen LogP contribution < -0.4 is 0 Å². The van der Waals surface area contributed by atoms with Crippen LogP contribution in [0.1, 0.15) is 162 Å². The van der Waals surface area contributed by atoms with Crippen LogP contribution in [0.5, 0.6) is 0 Å². The molecule has 1 unspecified atom stereocenters. The van der Waals surface area contributed by atoms with Gasteiger partial charge < -0.3 is 14.2 Å². The first-order valence-corrected chi connectivity index (χ1v) is 20.1. The molecule has 6 heteroatoms. The molecule has 0 aliphatic carbocycles. The van der Waals surface area contributed by atoms with Gasteiger partial charge in [0.2, 0.25) is 0 Å². The number of esters is 3. The molecule has 1 atom stereocenters. The molecule has 0 saturated carbocycles. The Morgan fingerprint density at radius 3 is 1.63 bits per heavy atom. The number of carbonyl (C=O) groups excluding carboxylic acids is 3. The molecule has 0 aromatic carbocycles. The lowest BCUT2D eigenvalue weighted by Crippen LogP contribution is -2.30. The van der Waals surface area contributed by atoms with E-state index in [4.69, 9.17) is 14.2 Å². The maximum atomic E-state index is 12.6. The number of rotatable bonds is 34. The Balaban J connectivity index is 4.60. The smallest absolute Gasteiger partial charge is 0.309 e. The van der Waals surface area contributed by atoms with Crippen LogP contribution in [0.15, 0.2) is 85.1 Å². The minimum atomic E-state index is -0.844. The van der Waals surface area contributed by atoms with Crippen LogP contribution in [0.2, 0.25) is 0 Å². The van der Waals surface area contributed by atoms with Crippen molar-refractivity contribution in [2.24, 2.45) is 0 Å². The average molecular weight is 709 g/mol. The van der Waals surface area contributed by atoms with Crippen molar-refractivity contribution < 1.29 is 28.6 Å². The van der Waals surface area contributed by atoms with Crippen molar-refractivity contribution in [3.63, 3.8) is 0 Å². The van der Waals surface area contributed by atoms with Crippen LogP contribution in [0, 0.1) is 0 Å². The molecule has 0 fully saturated rings. The number of hydrogen-bond acceptors (Lipinski definition) is 6. The number of allylic oxidation sites excluding steroid dienone is 13. The fourth-order valence-corrected chi connectivity index (χ4v) is 4.88. The largest absolute Gasteiger partial charge is 0.462 e. The first kappa shape index (κ1) is 47.6. The highest BCUT2D eigenvalue weighted by molar-refractivity contribution is 5.72. The molecule has 0 amide bonds. The number of unbranched alkanes of at least 4 members (excludes halogenated alkanes) is 11. The van der Waals surface area contributed by atoms with E-state index in [1.165, 1.54) is 51.4 Å². The highest BCUT2D eigenvalue weighted by Crippen LogP contribution is 2.10. The molecule has 0 aromatic rings. The minimum Gasteiger partial charge on any atom is -0.462 e. The minimum absolute atomic E-state index is 0.119. The van der Waals surface area contributed by atoms with Gasteiger partial charge in [0.05, 0.1) is 6.42 Å². The van der Waals surface area contributed by atoms with Crippen LogP contribution in [0.3, 0.4) is 0 Å². The molecule has 0 aliphatic rings. The van der Waals surface area contributed by atoms with Gasteiger partial charge in [0.25, 0.3) is 0 Å². The van der Waals surface area contributed by atoms with Gasteiger partial charge in [0, 0.05) is 12.8 Å². The summed E-state index contributed by atoms with van der Waals surface area (Å²) in [6.07, 6.45) is 49.0. The Kier molecular flexibility index (Phi) is 36.7. The van der Waals surface area contributed by atoms with E-state index in [1.807, 2.05) is 12.2 Å². The van der Waals surface area contributed by atoms with E-state index in [-0.39, 0.29) is 44.4 Å². The molecule has 0 radical (unpaired) electrons. The molecule has 51 heavy (non-hydrogen) atoms. The highest BCUT2D eigenvalue weighted by atomic mass is 16.6. The Bertz CT molecular complexity index is 1040. The van der Waals surface area contributed by atoms with E-state index >= 15 is 0 Å². The van der Waals surface area contributed by atoms with Gasteiger partial charge >= 0.3 is 17.9 Å². The zero-order chi connectivity index (χ0) is 37.3. The number of ether oxygens (including phenoxy) is 3. The maximum Gasteiger partial charge on any atom is 0.309 e. The van der Waals surface area contributed by atoms with Crippen molar-refractivity contribution in [1.82, 2.24) is 0 Å². The molecular weight excluding hydrogens is 636 g/mol. The van der Waals surface area contributed by atoms with Gasteiger partial charge in [-0.2, -0.15) is 0 Å². The summed E-state index contributed by atoms with van der Waals surface area (Å²) in [6.45, 7) is 6.23. The second kappa shape index (κ2) is 39.4. The summed E-state index contributed by atoms with van der Waals surface area (Å²) in [6, 6.07) is 0. The SMILES string of the molecule is CC/C=C\C/C=C\C/C=C\CC(=O)OCC(COC(=O)CC/C=C\C/C=C\CCCCCCCC)OC(=O)CCCCC/C=C\C=C/CCCC. The van der Waals surface area contributed by atoms with Crippen LogP contribution in [-0.4, -0.2) is 37.2 Å². The van der Waals surface area contributed by atoms with Gasteiger partial charge in [-0.05, 0) is 70.6 Å². The van der Waals surface area contributed by atoms with Crippen LogP contribution in [0.4, 0.5) is 0 Å². The van der Waals surface area contributed by atoms with Gasteiger partial charge in [-0.25, -0.2) is 0 Å². The lowest BCUT2D eigenvalue weighted by atomic mass is 10.1. The van der Waals surface area contributed by atoms with E-state index in [0.29, 0.717) is 12.8 Å². The Morgan fingerprint density at radius 1 is 0.451 bits per heavy atom. The molecule has 0 saturated heterocycles. The van der Waals surface area contributed by atoms with Crippen molar-refractivity contribution in [2.75, 3.05) is 13.2 Å². The predicted molar refractivity (Wildman–Crippen MR) is 214 cm³/mol. The van der Waals surface area contributed by atoms with Crippen molar-refractivity contribution in [3.8, 4) is 0 Å². The van der Waals surface area contributed by atoms with Gasteiger partial charge in [-0.15, -0.1) is 0 Å². The summed E-state index contributed by atoms with van der Waals surface area (Å²) < 4.78 is 16.4. The highest BCUT2D eigenvalue weighted by Gasteiger charge is 2.19.